The maximum atomic E-state index is 11.1. The Hall–Kier alpha value is -1.40. The van der Waals surface area contributed by atoms with Gasteiger partial charge >= 0.3 is 0 Å². The zero-order chi connectivity index (χ0) is 17.7. The third kappa shape index (κ3) is 14.0. The van der Waals surface area contributed by atoms with Gasteiger partial charge in [0.2, 0.25) is 0 Å². The van der Waals surface area contributed by atoms with Crippen molar-refractivity contribution in [2.24, 2.45) is 0 Å². The number of hydrogen-bond donors (Lipinski definition) is 2. The molecule has 6 nitrogen and oxygen atoms in total. The second kappa shape index (κ2) is 12.1. The third-order valence-corrected chi connectivity index (χ3v) is 3.32. The number of nitrogens with one attached hydrogen (secondary N) is 2. The number of carbonyl (C=O) groups excluding carboxylic acids is 2. The SMILES string of the molecule is CCCCCCCC/C=C1/CNNC1=O.C[N+](C)(C)CC(=O)[O-]. The minimum Gasteiger partial charge on any atom is -0.544 e. The Bertz CT molecular complexity index is 387. The van der Waals surface area contributed by atoms with Crippen LogP contribution in [0.5, 0.6) is 0 Å². The molecule has 2 N–H and O–H groups in total. The lowest BCUT2D eigenvalue weighted by molar-refractivity contribution is -0.864. The molecule has 1 aliphatic heterocycles. The number of carbonyl (C=O) groups is 2. The minimum atomic E-state index is -1.00. The van der Waals surface area contributed by atoms with Gasteiger partial charge in [-0.25, -0.2) is 5.43 Å². The zero-order valence-corrected chi connectivity index (χ0v) is 15.1. The van der Waals surface area contributed by atoms with Crippen molar-refractivity contribution in [3.05, 3.63) is 11.6 Å². The molecule has 0 aromatic carbocycles. The van der Waals surface area contributed by atoms with Crippen molar-refractivity contribution in [3.8, 4) is 0 Å². The Kier molecular flexibility index (Phi) is 11.3. The molecule has 1 fully saturated rings. The lowest BCUT2D eigenvalue weighted by Crippen LogP contribution is -2.45. The van der Waals surface area contributed by atoms with E-state index < -0.39 is 5.97 Å². The van der Waals surface area contributed by atoms with E-state index >= 15 is 0 Å². The van der Waals surface area contributed by atoms with Crippen LogP contribution < -0.4 is 16.0 Å². The number of nitrogens with zero attached hydrogens (tertiary/aromatic N) is 1. The van der Waals surface area contributed by atoms with Gasteiger partial charge in [0.05, 0.1) is 27.1 Å². The molecule has 1 rings (SSSR count). The first-order valence-corrected chi connectivity index (χ1v) is 8.48. The molecule has 1 saturated heterocycles. The first-order chi connectivity index (χ1) is 10.8. The van der Waals surface area contributed by atoms with E-state index in [1.54, 1.807) is 21.1 Å². The predicted molar refractivity (Wildman–Crippen MR) is 90.1 cm³/mol. The van der Waals surface area contributed by atoms with Crippen LogP contribution in [0.1, 0.15) is 51.9 Å². The molecule has 134 valence electrons. The number of hydrazine groups is 1. The van der Waals surface area contributed by atoms with Crippen LogP contribution >= 0.6 is 0 Å². The second-order valence-corrected chi connectivity index (χ2v) is 6.91. The average Bonchev–Trinajstić information content (AvgIpc) is 2.81. The van der Waals surface area contributed by atoms with Crippen molar-refractivity contribution in [2.75, 3.05) is 34.2 Å². The summed E-state index contributed by atoms with van der Waals surface area (Å²) in [5.41, 5.74) is 6.30. The Morgan fingerprint density at radius 2 is 1.78 bits per heavy atom. The maximum Gasteiger partial charge on any atom is 0.262 e. The van der Waals surface area contributed by atoms with E-state index in [0.717, 1.165) is 12.0 Å². The normalized spacial score (nSPS) is 16.0. The molecular formula is C17H33N3O3. The average molecular weight is 327 g/mol. The lowest BCUT2D eigenvalue weighted by atomic mass is 10.1. The number of quaternary nitrogens is 1. The summed E-state index contributed by atoms with van der Waals surface area (Å²) in [6.45, 7) is 2.98. The van der Waals surface area contributed by atoms with Gasteiger partial charge in [0.25, 0.3) is 5.91 Å². The van der Waals surface area contributed by atoms with Crippen LogP contribution in [0.4, 0.5) is 0 Å². The quantitative estimate of drug-likeness (QED) is 0.372. The molecule has 6 heteroatoms. The van der Waals surface area contributed by atoms with E-state index in [4.69, 9.17) is 0 Å². The Balaban J connectivity index is 0.000000515. The van der Waals surface area contributed by atoms with Crippen LogP contribution in [-0.2, 0) is 9.59 Å². The number of carboxylic acid groups (broad SMARTS) is 1. The Morgan fingerprint density at radius 1 is 1.17 bits per heavy atom. The topological polar surface area (TPSA) is 81.3 Å². The van der Waals surface area contributed by atoms with Crippen LogP contribution in [-0.4, -0.2) is 50.6 Å². The zero-order valence-electron chi connectivity index (χ0n) is 15.1. The van der Waals surface area contributed by atoms with E-state index in [1.807, 2.05) is 0 Å². The van der Waals surface area contributed by atoms with Gasteiger partial charge in [-0.2, -0.15) is 0 Å². The number of rotatable bonds is 9. The van der Waals surface area contributed by atoms with E-state index in [1.165, 1.54) is 38.5 Å². The monoisotopic (exact) mass is 327 g/mol. The van der Waals surface area contributed by atoms with Crippen molar-refractivity contribution < 1.29 is 19.2 Å². The highest BCUT2D eigenvalue weighted by Gasteiger charge is 2.14. The lowest BCUT2D eigenvalue weighted by Gasteiger charge is -2.23. The van der Waals surface area contributed by atoms with E-state index in [-0.39, 0.29) is 12.5 Å². The van der Waals surface area contributed by atoms with Gasteiger partial charge < -0.3 is 14.4 Å². The van der Waals surface area contributed by atoms with Gasteiger partial charge in [0, 0.05) is 12.1 Å². The molecular weight excluding hydrogens is 294 g/mol. The Labute approximate surface area is 140 Å². The summed E-state index contributed by atoms with van der Waals surface area (Å²) in [5.74, 6) is -0.960. The van der Waals surface area contributed by atoms with Gasteiger partial charge in [-0.3, -0.25) is 10.2 Å². The summed E-state index contributed by atoms with van der Waals surface area (Å²) < 4.78 is 0.419. The second-order valence-electron chi connectivity index (χ2n) is 6.91. The summed E-state index contributed by atoms with van der Waals surface area (Å²) in [5, 5.41) is 9.89. The van der Waals surface area contributed by atoms with Gasteiger partial charge in [0.1, 0.15) is 6.54 Å². The largest absolute Gasteiger partial charge is 0.544 e. The molecule has 0 aromatic heterocycles. The molecule has 0 saturated carbocycles. The molecule has 0 unspecified atom stereocenters. The van der Waals surface area contributed by atoms with Crippen molar-refractivity contribution in [1.82, 2.24) is 10.9 Å². The Morgan fingerprint density at radius 3 is 2.22 bits per heavy atom. The van der Waals surface area contributed by atoms with Crippen LogP contribution in [0.3, 0.4) is 0 Å². The number of unbranched alkanes of at least 4 members (excludes halogenated alkanes) is 6. The molecule has 1 amide bonds. The van der Waals surface area contributed by atoms with Crippen LogP contribution in [0.25, 0.3) is 0 Å². The number of likely N-dealkylation sites (N-methyl/N-ethyl adjacent to an activating group) is 1. The maximum absolute atomic E-state index is 11.1. The summed E-state index contributed by atoms with van der Waals surface area (Å²) in [6, 6.07) is 0. The van der Waals surface area contributed by atoms with E-state index in [9.17, 15) is 14.7 Å². The molecule has 23 heavy (non-hydrogen) atoms. The minimum absolute atomic E-state index is 0.0426. The molecule has 0 bridgehead atoms. The highest BCUT2D eigenvalue weighted by molar-refractivity contribution is 5.95. The highest BCUT2D eigenvalue weighted by atomic mass is 16.4. The van der Waals surface area contributed by atoms with Gasteiger partial charge in [-0.1, -0.05) is 45.1 Å². The summed E-state index contributed by atoms with van der Waals surface area (Å²) >= 11 is 0. The number of allylic oxidation sites excluding steroid dienone is 1. The van der Waals surface area contributed by atoms with Crippen molar-refractivity contribution in [2.45, 2.75) is 51.9 Å². The molecule has 0 aliphatic carbocycles. The van der Waals surface area contributed by atoms with Gasteiger partial charge in [-0.05, 0) is 12.8 Å². The fraction of sp³-hybridized carbons (Fsp3) is 0.765. The van der Waals surface area contributed by atoms with Crippen molar-refractivity contribution in [1.29, 1.82) is 0 Å². The van der Waals surface area contributed by atoms with Gasteiger partial charge in [0.15, 0.2) is 0 Å². The fourth-order valence-electron chi connectivity index (χ4n) is 2.13. The van der Waals surface area contributed by atoms with Crippen molar-refractivity contribution >= 4 is 11.9 Å². The summed E-state index contributed by atoms with van der Waals surface area (Å²) in [4.78, 5) is 21.0. The first kappa shape index (κ1) is 21.6. The number of hydrogen-bond acceptors (Lipinski definition) is 4. The van der Waals surface area contributed by atoms with Gasteiger partial charge in [-0.15, -0.1) is 0 Å². The van der Waals surface area contributed by atoms with Crippen LogP contribution in [0.2, 0.25) is 0 Å². The molecule has 0 spiro atoms. The summed E-state index contributed by atoms with van der Waals surface area (Å²) in [6.07, 6.45) is 10.9. The molecule has 1 heterocycles. The summed E-state index contributed by atoms with van der Waals surface area (Å²) in [7, 11) is 5.40. The smallest absolute Gasteiger partial charge is 0.262 e. The predicted octanol–water partition coefficient (Wildman–Crippen LogP) is 0.740. The fourth-order valence-corrected chi connectivity index (χ4v) is 2.13. The van der Waals surface area contributed by atoms with Crippen LogP contribution in [0.15, 0.2) is 11.6 Å². The van der Waals surface area contributed by atoms with Crippen molar-refractivity contribution in [3.63, 3.8) is 0 Å². The number of carboxylic acids is 1. The van der Waals surface area contributed by atoms with Crippen LogP contribution in [0, 0.1) is 0 Å². The standard InChI is InChI=1S/C12H22N2O.C5H11NO2/c1-2-3-4-5-6-7-8-9-11-10-13-14-12(11)15;1-6(2,3)4-5(7)8/h9,13H,2-8,10H2,1H3,(H,14,15);4H2,1-3H3/b11-9-;. The molecule has 0 aromatic rings. The van der Waals surface area contributed by atoms with E-state index in [2.05, 4.69) is 23.9 Å². The highest BCUT2D eigenvalue weighted by Crippen LogP contribution is 2.09. The molecule has 0 atom stereocenters. The number of amides is 1. The third-order valence-electron chi connectivity index (χ3n) is 3.32. The molecule has 0 radical (unpaired) electrons. The molecule has 1 aliphatic rings. The van der Waals surface area contributed by atoms with E-state index in [0.29, 0.717) is 11.0 Å². The number of aliphatic carboxylic acids is 1. The first-order valence-electron chi connectivity index (χ1n) is 8.48.